The second-order valence-corrected chi connectivity index (χ2v) is 2.84. The van der Waals surface area contributed by atoms with Crippen molar-refractivity contribution in [3.8, 4) is 0 Å². The van der Waals surface area contributed by atoms with Crippen LogP contribution in [0.4, 0.5) is 0 Å². The lowest BCUT2D eigenvalue weighted by Crippen LogP contribution is -2.10. The Kier molecular flexibility index (Phi) is 1.79. The summed E-state index contributed by atoms with van der Waals surface area (Å²) in [4.78, 5) is 10.7. The van der Waals surface area contributed by atoms with Gasteiger partial charge in [-0.15, -0.1) is 0 Å². The predicted molar refractivity (Wildman–Crippen MR) is 42.9 cm³/mol. The molecule has 0 saturated heterocycles. The molecule has 68 valence electrons. The number of aliphatic hydroxyl groups excluding tert-OH is 1. The second kappa shape index (κ2) is 2.83. The molecule has 1 heterocycles. The van der Waals surface area contributed by atoms with Gasteiger partial charge in [-0.05, 0) is 0 Å². The summed E-state index contributed by atoms with van der Waals surface area (Å²) in [6.45, 7) is 0. The molecule has 0 spiro atoms. The van der Waals surface area contributed by atoms with Crippen molar-refractivity contribution in [2.45, 2.75) is 12.4 Å². The number of rotatable bonds is 1. The Bertz CT molecular complexity index is 347. The van der Waals surface area contributed by atoms with E-state index in [1.165, 1.54) is 0 Å². The van der Waals surface area contributed by atoms with Crippen LogP contribution in [0.3, 0.4) is 0 Å². The number of carbonyl (C=O) groups is 1. The first-order valence-corrected chi connectivity index (χ1v) is 3.85. The molecule has 0 amide bonds. The number of hydrogen-bond donors (Lipinski definition) is 2. The number of benzene rings is 1. The molecule has 2 unspecified atom stereocenters. The lowest BCUT2D eigenvalue weighted by atomic mass is 10.1. The van der Waals surface area contributed by atoms with Gasteiger partial charge in [-0.25, -0.2) is 4.79 Å². The average Bonchev–Trinajstić information content (AvgIpc) is 2.45. The van der Waals surface area contributed by atoms with Crippen LogP contribution < -0.4 is 0 Å². The van der Waals surface area contributed by atoms with E-state index in [-0.39, 0.29) is 0 Å². The summed E-state index contributed by atoms with van der Waals surface area (Å²) >= 11 is 0. The van der Waals surface area contributed by atoms with E-state index in [0.29, 0.717) is 11.1 Å². The lowest BCUT2D eigenvalue weighted by molar-refractivity contribution is -0.169. The summed E-state index contributed by atoms with van der Waals surface area (Å²) in [7, 11) is 0. The fourth-order valence-electron chi connectivity index (χ4n) is 1.44. The summed E-state index contributed by atoms with van der Waals surface area (Å²) in [5.41, 5.74) is 1.07. The number of hydrogen-bond acceptors (Lipinski definition) is 3. The molecule has 13 heavy (non-hydrogen) atoms. The van der Waals surface area contributed by atoms with Gasteiger partial charge in [-0.2, -0.15) is 0 Å². The van der Waals surface area contributed by atoms with E-state index in [1.807, 2.05) is 0 Å². The molecular formula is C9H8O4. The number of aliphatic carboxylic acids is 1. The minimum atomic E-state index is -1.11. The Morgan fingerprint density at radius 2 is 1.92 bits per heavy atom. The van der Waals surface area contributed by atoms with Gasteiger partial charge in [0.05, 0.1) is 0 Å². The van der Waals surface area contributed by atoms with E-state index in [0.717, 1.165) is 0 Å². The standard InChI is InChI=1S/C9H8O4/c10-8(11)7-5-3-1-2-4-6(5)9(12)13-7/h1-4,7,9,12H,(H,10,11). The second-order valence-electron chi connectivity index (χ2n) is 2.84. The highest BCUT2D eigenvalue weighted by Gasteiger charge is 2.34. The molecule has 0 bridgehead atoms. The summed E-state index contributed by atoms with van der Waals surface area (Å²) in [5, 5.41) is 18.1. The normalized spacial score (nSPS) is 25.6. The van der Waals surface area contributed by atoms with Crippen LogP contribution in [0.2, 0.25) is 0 Å². The van der Waals surface area contributed by atoms with Gasteiger partial charge in [0.25, 0.3) is 0 Å². The average molecular weight is 180 g/mol. The van der Waals surface area contributed by atoms with Crippen molar-refractivity contribution in [3.63, 3.8) is 0 Å². The molecule has 0 aliphatic carbocycles. The van der Waals surface area contributed by atoms with Gasteiger partial charge in [0.2, 0.25) is 0 Å². The van der Waals surface area contributed by atoms with Gasteiger partial charge in [-0.3, -0.25) is 0 Å². The smallest absolute Gasteiger partial charge is 0.337 e. The Labute approximate surface area is 74.4 Å². The minimum absolute atomic E-state index is 0.530. The number of carboxylic acid groups (broad SMARTS) is 1. The Morgan fingerprint density at radius 3 is 2.54 bits per heavy atom. The van der Waals surface area contributed by atoms with Crippen molar-refractivity contribution >= 4 is 5.97 Å². The number of carboxylic acids is 1. The SMILES string of the molecule is O=C(O)C1OC(O)c2ccccc21. The van der Waals surface area contributed by atoms with E-state index in [4.69, 9.17) is 9.84 Å². The van der Waals surface area contributed by atoms with Gasteiger partial charge in [0, 0.05) is 11.1 Å². The van der Waals surface area contributed by atoms with E-state index in [9.17, 15) is 9.90 Å². The molecule has 0 aromatic heterocycles. The minimum Gasteiger partial charge on any atom is -0.479 e. The number of aliphatic hydroxyl groups is 1. The number of ether oxygens (including phenoxy) is 1. The maximum Gasteiger partial charge on any atom is 0.337 e. The van der Waals surface area contributed by atoms with E-state index >= 15 is 0 Å². The summed E-state index contributed by atoms with van der Waals surface area (Å²) in [6.07, 6.45) is -2.15. The van der Waals surface area contributed by atoms with Gasteiger partial charge in [-0.1, -0.05) is 24.3 Å². The Morgan fingerprint density at radius 1 is 1.31 bits per heavy atom. The summed E-state index contributed by atoms with van der Waals surface area (Å²) in [6, 6.07) is 6.75. The van der Waals surface area contributed by atoms with Crippen molar-refractivity contribution in [1.82, 2.24) is 0 Å². The molecule has 1 aliphatic rings. The third-order valence-electron chi connectivity index (χ3n) is 2.03. The van der Waals surface area contributed by atoms with E-state index < -0.39 is 18.4 Å². The van der Waals surface area contributed by atoms with Gasteiger partial charge in [0.15, 0.2) is 12.4 Å². The summed E-state index contributed by atoms with van der Waals surface area (Å²) in [5.74, 6) is -1.08. The Balaban J connectivity index is 2.47. The Hall–Kier alpha value is -1.39. The molecule has 2 N–H and O–H groups in total. The highest BCUT2D eigenvalue weighted by Crippen LogP contribution is 2.37. The zero-order valence-corrected chi connectivity index (χ0v) is 6.68. The molecule has 4 heteroatoms. The molecule has 1 aromatic rings. The quantitative estimate of drug-likeness (QED) is 0.671. The van der Waals surface area contributed by atoms with Crippen LogP contribution in [0.15, 0.2) is 24.3 Å². The van der Waals surface area contributed by atoms with Crippen molar-refractivity contribution in [1.29, 1.82) is 0 Å². The van der Waals surface area contributed by atoms with Gasteiger partial charge < -0.3 is 14.9 Å². The fraction of sp³-hybridized carbons (Fsp3) is 0.222. The first kappa shape index (κ1) is 8.22. The molecule has 1 aliphatic heterocycles. The van der Waals surface area contributed by atoms with Crippen LogP contribution >= 0.6 is 0 Å². The van der Waals surface area contributed by atoms with E-state index in [2.05, 4.69) is 0 Å². The molecule has 0 saturated carbocycles. The number of fused-ring (bicyclic) bond motifs is 1. The van der Waals surface area contributed by atoms with Crippen LogP contribution in [0.1, 0.15) is 23.5 Å². The summed E-state index contributed by atoms with van der Waals surface area (Å²) < 4.78 is 4.85. The van der Waals surface area contributed by atoms with Crippen molar-refractivity contribution in [2.75, 3.05) is 0 Å². The van der Waals surface area contributed by atoms with Crippen LogP contribution in [-0.2, 0) is 9.53 Å². The zero-order chi connectivity index (χ0) is 9.42. The largest absolute Gasteiger partial charge is 0.479 e. The third kappa shape index (κ3) is 1.20. The van der Waals surface area contributed by atoms with Gasteiger partial charge in [0.1, 0.15) is 0 Å². The van der Waals surface area contributed by atoms with Crippen LogP contribution in [-0.4, -0.2) is 16.2 Å². The molecule has 0 radical (unpaired) electrons. The van der Waals surface area contributed by atoms with Crippen LogP contribution in [0.25, 0.3) is 0 Å². The first-order chi connectivity index (χ1) is 6.20. The molecule has 2 atom stereocenters. The molecular weight excluding hydrogens is 172 g/mol. The fourth-order valence-corrected chi connectivity index (χ4v) is 1.44. The topological polar surface area (TPSA) is 66.8 Å². The monoisotopic (exact) mass is 180 g/mol. The van der Waals surface area contributed by atoms with Crippen molar-refractivity contribution in [3.05, 3.63) is 35.4 Å². The molecule has 2 rings (SSSR count). The van der Waals surface area contributed by atoms with Crippen LogP contribution in [0.5, 0.6) is 0 Å². The maximum atomic E-state index is 10.7. The predicted octanol–water partition coefficient (Wildman–Crippen LogP) is 0.833. The van der Waals surface area contributed by atoms with Crippen molar-refractivity contribution < 1.29 is 19.7 Å². The molecule has 1 aromatic carbocycles. The lowest BCUT2D eigenvalue weighted by Gasteiger charge is -2.04. The highest BCUT2D eigenvalue weighted by molar-refractivity contribution is 5.75. The molecule has 0 fully saturated rings. The first-order valence-electron chi connectivity index (χ1n) is 3.85. The zero-order valence-electron chi connectivity index (χ0n) is 6.68. The highest BCUT2D eigenvalue weighted by atomic mass is 16.6. The molecule has 4 nitrogen and oxygen atoms in total. The van der Waals surface area contributed by atoms with Crippen molar-refractivity contribution in [2.24, 2.45) is 0 Å². The van der Waals surface area contributed by atoms with Gasteiger partial charge >= 0.3 is 5.97 Å². The maximum absolute atomic E-state index is 10.7. The van der Waals surface area contributed by atoms with Crippen LogP contribution in [0, 0.1) is 0 Å². The van der Waals surface area contributed by atoms with E-state index in [1.54, 1.807) is 24.3 Å². The third-order valence-corrected chi connectivity index (χ3v) is 2.03.